The zero-order valence-corrected chi connectivity index (χ0v) is 2.80. The molecule has 0 bridgehead atoms. The van der Waals surface area contributed by atoms with Gasteiger partial charge in [0, 0.05) is 0 Å². The minimum absolute atomic E-state index is 0. The first-order valence-electron chi connectivity index (χ1n) is 0.651. The van der Waals surface area contributed by atoms with E-state index in [2.05, 4.69) is 0 Å². The van der Waals surface area contributed by atoms with E-state index >= 15 is 0 Å². The molecule has 0 saturated heterocycles. The first-order chi connectivity index (χ1) is 1.73. The van der Waals surface area contributed by atoms with Gasteiger partial charge < -0.3 is 9.59 Å². The summed E-state index contributed by atoms with van der Waals surface area (Å²) in [5.74, 6) is 0. The van der Waals surface area contributed by atoms with Gasteiger partial charge in [-0.05, 0) is 0 Å². The topological polar surface area (TPSA) is 57.5 Å². The molecule has 0 atom stereocenters. The Kier molecular flexibility index (Phi) is 83.3. The Balaban J connectivity index is -0.00000000750. The SMILES string of the molecule is O=[Si](O)O.[AlH3].[CaH2].[CaH2].[CaH2]. The van der Waals surface area contributed by atoms with Crippen molar-refractivity contribution in [2.45, 2.75) is 0 Å². The second kappa shape index (κ2) is 22.4. The van der Waals surface area contributed by atoms with Crippen LogP contribution in [0.3, 0.4) is 0 Å². The second-order valence-electron chi connectivity index (χ2n) is 0.283. The summed E-state index contributed by atoms with van der Waals surface area (Å²) in [7, 11) is -3.13. The van der Waals surface area contributed by atoms with Crippen molar-refractivity contribution in [1.82, 2.24) is 0 Å². The number of hydrogen-bond acceptors (Lipinski definition) is 1. The molecule has 0 fully saturated rings. The van der Waals surface area contributed by atoms with Gasteiger partial charge in [0.25, 0.3) is 0 Å². The molecule has 0 rings (SSSR count). The van der Waals surface area contributed by atoms with Crippen LogP contribution in [0.15, 0.2) is 0 Å². The van der Waals surface area contributed by atoms with Crippen molar-refractivity contribution >= 4 is 140 Å². The van der Waals surface area contributed by atoms with Gasteiger partial charge in [0.05, 0.1) is 0 Å². The summed E-state index contributed by atoms with van der Waals surface area (Å²) in [6.45, 7) is 0. The van der Waals surface area contributed by atoms with Crippen molar-refractivity contribution in [1.29, 1.82) is 0 Å². The van der Waals surface area contributed by atoms with Gasteiger partial charge in [-0.15, -0.1) is 0 Å². The molecule has 0 radical (unpaired) electrons. The molecule has 8 heteroatoms. The molecule has 0 aromatic heterocycles. The van der Waals surface area contributed by atoms with Gasteiger partial charge in [-0.1, -0.05) is 0 Å². The third kappa shape index (κ3) is 51.3. The van der Waals surface area contributed by atoms with Crippen molar-refractivity contribution in [2.24, 2.45) is 0 Å². The van der Waals surface area contributed by atoms with E-state index in [0.717, 1.165) is 0 Å². The molecule has 0 saturated carbocycles. The predicted octanol–water partition coefficient (Wildman–Crippen LogP) is -5.55. The van der Waals surface area contributed by atoms with Gasteiger partial charge in [-0.3, -0.25) is 4.46 Å². The normalized spacial score (nSPS) is 3.00. The van der Waals surface area contributed by atoms with Crippen LogP contribution in [0.4, 0.5) is 0 Å². The fourth-order valence-electron chi connectivity index (χ4n) is 0. The summed E-state index contributed by atoms with van der Waals surface area (Å²) >= 11 is 0. The van der Waals surface area contributed by atoms with Gasteiger partial charge in [0.2, 0.25) is 0 Å². The molecule has 3 nitrogen and oxygen atoms in total. The average Bonchev–Trinajstić information content (AvgIpc) is 0.811. The zero-order chi connectivity index (χ0) is 3.58. The van der Waals surface area contributed by atoms with Gasteiger partial charge in [-0.2, -0.15) is 0 Å². The molecule has 0 aromatic rings. The van der Waals surface area contributed by atoms with Crippen molar-refractivity contribution in [3.8, 4) is 0 Å². The Morgan fingerprint density at radius 3 is 1.00 bits per heavy atom. The molecule has 42 valence electrons. The third-order valence-corrected chi connectivity index (χ3v) is 0. The van der Waals surface area contributed by atoms with Gasteiger partial charge in [0.1, 0.15) is 0 Å². The van der Waals surface area contributed by atoms with Crippen LogP contribution < -0.4 is 0 Å². The summed E-state index contributed by atoms with van der Waals surface area (Å²) < 4.78 is 8.74. The van der Waals surface area contributed by atoms with E-state index in [4.69, 9.17) is 14.1 Å². The van der Waals surface area contributed by atoms with E-state index in [1.165, 1.54) is 0 Å². The van der Waals surface area contributed by atoms with E-state index in [0.29, 0.717) is 0 Å². The summed E-state index contributed by atoms with van der Waals surface area (Å²) in [5, 5.41) is 0. The Morgan fingerprint density at radius 2 is 1.00 bits per heavy atom. The van der Waals surface area contributed by atoms with Crippen molar-refractivity contribution in [2.75, 3.05) is 0 Å². The molecule has 0 aliphatic carbocycles. The molecule has 0 unspecified atom stereocenters. The monoisotopic (exact) mass is 234 g/mol. The van der Waals surface area contributed by atoms with Crippen molar-refractivity contribution < 1.29 is 14.1 Å². The molecule has 0 aliphatic heterocycles. The van der Waals surface area contributed by atoms with Crippen LogP contribution in [0.5, 0.6) is 0 Å². The maximum atomic E-state index is 8.74. The quantitative estimate of drug-likeness (QED) is 0.411. The first-order valence-corrected chi connectivity index (χ1v) is 1.95. The summed E-state index contributed by atoms with van der Waals surface area (Å²) in [6, 6.07) is 0. The maximum absolute atomic E-state index is 8.74. The van der Waals surface area contributed by atoms with Crippen molar-refractivity contribution in [3.05, 3.63) is 0 Å². The fraction of sp³-hybridized carbons (Fsp3) is 0. The van der Waals surface area contributed by atoms with Crippen LogP contribution in [-0.2, 0) is 4.46 Å². The van der Waals surface area contributed by atoms with E-state index in [9.17, 15) is 0 Å². The predicted molar refractivity (Wildman–Crippen MR) is 46.4 cm³/mol. The second-order valence-corrected chi connectivity index (χ2v) is 0.848. The Bertz CT molecular complexity index is 37.5. The van der Waals surface area contributed by atoms with Crippen LogP contribution in [0.1, 0.15) is 0 Å². The Morgan fingerprint density at radius 1 is 1.00 bits per heavy atom. The van der Waals surface area contributed by atoms with E-state index in [-0.39, 0.29) is 131 Å². The van der Waals surface area contributed by atoms with E-state index < -0.39 is 9.17 Å². The standard InChI is InChI=1S/Al.3Ca.H2O3Si.9H/c;;;;1-4(2)3;;;;;;;;;/h;;;;1-2H;;;;;;;;;. The number of hydrogen-bond donors (Lipinski definition) is 2. The van der Waals surface area contributed by atoms with E-state index in [1.54, 1.807) is 0 Å². The minimum atomic E-state index is -3.13. The molecule has 0 spiro atoms. The van der Waals surface area contributed by atoms with E-state index in [1.807, 2.05) is 0 Å². The van der Waals surface area contributed by atoms with Crippen LogP contribution in [0.2, 0.25) is 0 Å². The summed E-state index contributed by atoms with van der Waals surface area (Å²) in [5.41, 5.74) is 0. The van der Waals surface area contributed by atoms with Crippen molar-refractivity contribution in [3.63, 3.8) is 0 Å². The van der Waals surface area contributed by atoms with Crippen LogP contribution in [0, 0.1) is 0 Å². The average molecular weight is 234 g/mol. The van der Waals surface area contributed by atoms with Gasteiger partial charge >= 0.3 is 122 Å². The molecular weight excluding hydrogens is 223 g/mol. The number of rotatable bonds is 0. The molecule has 8 heavy (non-hydrogen) atoms. The molecule has 0 aliphatic rings. The molecular formula is H11AlCa3O3Si. The Hall–Kier alpha value is 3.93. The van der Waals surface area contributed by atoms with Crippen LogP contribution in [0.25, 0.3) is 0 Å². The zero-order valence-electron chi connectivity index (χ0n) is 1.80. The summed E-state index contributed by atoms with van der Waals surface area (Å²) in [4.78, 5) is 14.3. The van der Waals surface area contributed by atoms with Gasteiger partial charge in [0.15, 0.2) is 17.4 Å². The summed E-state index contributed by atoms with van der Waals surface area (Å²) in [6.07, 6.45) is 0. The third-order valence-electron chi connectivity index (χ3n) is 0. The molecule has 0 aromatic carbocycles. The first kappa shape index (κ1) is 29.7. The molecule has 0 amide bonds. The van der Waals surface area contributed by atoms with Crippen LogP contribution >= 0.6 is 0 Å². The van der Waals surface area contributed by atoms with Gasteiger partial charge in [-0.25, -0.2) is 0 Å². The molecule has 2 N–H and O–H groups in total. The molecule has 0 heterocycles. The fourth-order valence-corrected chi connectivity index (χ4v) is 0. The Labute approximate surface area is 150 Å². The van der Waals surface area contributed by atoms with Crippen LogP contribution in [-0.4, -0.2) is 149 Å².